The fourth-order valence-corrected chi connectivity index (χ4v) is 4.20. The molecule has 0 heterocycles. The van der Waals surface area contributed by atoms with Crippen LogP contribution in [0, 0.1) is 13.8 Å². The minimum Gasteiger partial charge on any atom is -0.457 e. The molecule has 0 amide bonds. The Balaban J connectivity index is 1.88. The molecule has 0 saturated heterocycles. The molecule has 3 aromatic carbocycles. The van der Waals surface area contributed by atoms with Crippen molar-refractivity contribution >= 4 is 27.4 Å². The van der Waals surface area contributed by atoms with Gasteiger partial charge in [0.05, 0.1) is 32.3 Å². The fourth-order valence-electron chi connectivity index (χ4n) is 2.91. The summed E-state index contributed by atoms with van der Waals surface area (Å²) in [5, 5.41) is 0. The van der Waals surface area contributed by atoms with Crippen molar-refractivity contribution < 1.29 is 8.95 Å². The van der Waals surface area contributed by atoms with Crippen molar-refractivity contribution in [3.05, 3.63) is 77.9 Å². The molecule has 0 aliphatic rings. The lowest BCUT2D eigenvalue weighted by atomic mass is 10.1. The van der Waals surface area contributed by atoms with E-state index in [1.165, 1.54) is 0 Å². The fraction of sp³-hybridized carbons (Fsp3) is 0.240. The lowest BCUT2D eigenvalue weighted by Crippen LogP contribution is -2.14. The van der Waals surface area contributed by atoms with E-state index in [9.17, 15) is 4.21 Å². The largest absolute Gasteiger partial charge is 0.457 e. The number of aliphatic imine (C=N–C) groups is 1. The summed E-state index contributed by atoms with van der Waals surface area (Å²) in [5.74, 6) is 1.37. The van der Waals surface area contributed by atoms with Crippen LogP contribution in [-0.4, -0.2) is 35.3 Å². The van der Waals surface area contributed by atoms with Gasteiger partial charge in [-0.3, -0.25) is 0 Å². The summed E-state index contributed by atoms with van der Waals surface area (Å²) in [4.78, 5) is 7.22. The van der Waals surface area contributed by atoms with Crippen molar-refractivity contribution in [3.8, 4) is 11.5 Å². The summed E-state index contributed by atoms with van der Waals surface area (Å²) in [6.45, 7) is 6.99. The smallest absolute Gasteiger partial charge is 0.130 e. The monoisotopic (exact) mass is 435 g/mol. The van der Waals surface area contributed by atoms with Crippen molar-refractivity contribution in [1.82, 2.24) is 4.90 Å². The van der Waals surface area contributed by atoms with Gasteiger partial charge < -0.3 is 9.64 Å². The van der Waals surface area contributed by atoms with Crippen molar-refractivity contribution in [2.45, 2.75) is 25.7 Å². The molecule has 31 heavy (non-hydrogen) atoms. The SMILES string of the molecule is CCN(C)C=Nc1cc(C)c(Oc2cccc(S(C)(=O)=Nc3ccccc3)c2)cc1C. The minimum absolute atomic E-state index is 0.625. The standard InChI is InChI=1S/C25H29N3O2S/c1-6-28(4)18-26-24-15-20(3)25(16-19(24)2)30-22-13-10-14-23(17-22)31(5,29)27-21-11-8-7-9-12-21/h7-18H,6H2,1-5H3. The van der Waals surface area contributed by atoms with Gasteiger partial charge in [-0.1, -0.05) is 24.3 Å². The molecule has 0 aliphatic carbocycles. The first-order valence-corrected chi connectivity index (χ1v) is 12.1. The van der Waals surface area contributed by atoms with E-state index in [2.05, 4.69) is 16.3 Å². The van der Waals surface area contributed by atoms with Gasteiger partial charge in [-0.15, -0.1) is 0 Å². The van der Waals surface area contributed by atoms with Crippen LogP contribution < -0.4 is 4.74 Å². The molecule has 1 atom stereocenters. The molecule has 5 nitrogen and oxygen atoms in total. The van der Waals surface area contributed by atoms with E-state index in [4.69, 9.17) is 4.74 Å². The summed E-state index contributed by atoms with van der Waals surface area (Å²) in [7, 11) is -0.608. The van der Waals surface area contributed by atoms with Crippen LogP contribution in [0.2, 0.25) is 0 Å². The van der Waals surface area contributed by atoms with E-state index in [1.807, 2.05) is 92.8 Å². The molecule has 3 rings (SSSR count). The van der Waals surface area contributed by atoms with Gasteiger partial charge in [0.25, 0.3) is 0 Å². The minimum atomic E-state index is -2.60. The summed E-state index contributed by atoms with van der Waals surface area (Å²) in [5.41, 5.74) is 3.61. The Bertz CT molecular complexity index is 1200. The lowest BCUT2D eigenvalue weighted by molar-refractivity contribution is 0.477. The molecule has 1 unspecified atom stereocenters. The van der Waals surface area contributed by atoms with Crippen LogP contribution in [0.25, 0.3) is 0 Å². The van der Waals surface area contributed by atoms with Gasteiger partial charge in [0.15, 0.2) is 0 Å². The quantitative estimate of drug-likeness (QED) is 0.315. The molecule has 0 saturated carbocycles. The highest BCUT2D eigenvalue weighted by Gasteiger charge is 2.11. The van der Waals surface area contributed by atoms with Gasteiger partial charge in [-0.25, -0.2) is 9.20 Å². The van der Waals surface area contributed by atoms with Crippen LogP contribution >= 0.6 is 0 Å². The second-order valence-electron chi connectivity index (χ2n) is 7.53. The average Bonchev–Trinajstić information content (AvgIpc) is 2.75. The molecule has 0 N–H and O–H groups in total. The molecule has 0 fully saturated rings. The highest BCUT2D eigenvalue weighted by Crippen LogP contribution is 2.32. The van der Waals surface area contributed by atoms with E-state index in [1.54, 1.807) is 12.3 Å². The van der Waals surface area contributed by atoms with E-state index in [0.717, 1.165) is 29.1 Å². The maximum atomic E-state index is 13.2. The number of rotatable bonds is 7. The molecular formula is C25H29N3O2S. The van der Waals surface area contributed by atoms with Crippen molar-refractivity contribution in [1.29, 1.82) is 0 Å². The molecule has 6 heteroatoms. The Hall–Kier alpha value is -3.12. The van der Waals surface area contributed by atoms with Crippen LogP contribution in [0.15, 0.2) is 81.0 Å². The zero-order valence-corrected chi connectivity index (χ0v) is 19.5. The molecule has 0 radical (unpaired) electrons. The van der Waals surface area contributed by atoms with Crippen LogP contribution in [0.4, 0.5) is 11.4 Å². The van der Waals surface area contributed by atoms with Gasteiger partial charge in [0, 0.05) is 19.8 Å². The van der Waals surface area contributed by atoms with Crippen molar-refractivity contribution in [3.63, 3.8) is 0 Å². The topological polar surface area (TPSA) is 54.3 Å². The Morgan fingerprint density at radius 1 is 1.00 bits per heavy atom. The summed E-state index contributed by atoms with van der Waals surface area (Å²) in [6.07, 6.45) is 3.48. The third-order valence-corrected chi connectivity index (χ3v) is 6.58. The van der Waals surface area contributed by atoms with Crippen LogP contribution in [0.3, 0.4) is 0 Å². The molecule has 0 aliphatic heterocycles. The third-order valence-electron chi connectivity index (χ3n) is 4.89. The first kappa shape index (κ1) is 22.6. The highest BCUT2D eigenvalue weighted by molar-refractivity contribution is 7.93. The Morgan fingerprint density at radius 2 is 1.74 bits per heavy atom. The molecule has 0 bridgehead atoms. The number of nitrogens with zero attached hydrogens (tertiary/aromatic N) is 3. The van der Waals surface area contributed by atoms with Gasteiger partial charge in [-0.2, -0.15) is 4.36 Å². The zero-order valence-electron chi connectivity index (χ0n) is 18.7. The summed E-state index contributed by atoms with van der Waals surface area (Å²) >= 11 is 0. The maximum absolute atomic E-state index is 13.2. The average molecular weight is 436 g/mol. The maximum Gasteiger partial charge on any atom is 0.130 e. The molecule has 0 aromatic heterocycles. The molecule has 162 valence electrons. The van der Waals surface area contributed by atoms with Gasteiger partial charge in [0.1, 0.15) is 11.5 Å². The summed E-state index contributed by atoms with van der Waals surface area (Å²) < 4.78 is 23.8. The molecule has 3 aromatic rings. The normalized spacial score (nSPS) is 13.1. The number of benzene rings is 3. The number of hydrogen-bond acceptors (Lipinski definition) is 4. The second kappa shape index (κ2) is 9.79. The Morgan fingerprint density at radius 3 is 2.45 bits per heavy atom. The summed E-state index contributed by atoms with van der Waals surface area (Å²) in [6, 6.07) is 20.7. The number of ether oxygens (including phenoxy) is 1. The number of aryl methyl sites for hydroxylation is 2. The third kappa shape index (κ3) is 5.95. The van der Waals surface area contributed by atoms with E-state index < -0.39 is 9.73 Å². The first-order valence-electron chi connectivity index (χ1n) is 10.2. The van der Waals surface area contributed by atoms with E-state index >= 15 is 0 Å². The van der Waals surface area contributed by atoms with Crippen molar-refractivity contribution in [2.24, 2.45) is 9.36 Å². The predicted octanol–water partition coefficient (Wildman–Crippen LogP) is 6.50. The zero-order chi connectivity index (χ0) is 22.4. The van der Waals surface area contributed by atoms with Gasteiger partial charge in [-0.05, 0) is 74.4 Å². The molecule has 0 spiro atoms. The van der Waals surface area contributed by atoms with Crippen molar-refractivity contribution in [2.75, 3.05) is 19.8 Å². The predicted molar refractivity (Wildman–Crippen MR) is 130 cm³/mol. The highest BCUT2D eigenvalue weighted by atomic mass is 32.2. The Kier molecular flexibility index (Phi) is 7.13. The lowest BCUT2D eigenvalue weighted by Gasteiger charge is -2.13. The van der Waals surface area contributed by atoms with Crippen LogP contribution in [0.1, 0.15) is 18.1 Å². The van der Waals surface area contributed by atoms with Crippen LogP contribution in [-0.2, 0) is 9.73 Å². The second-order valence-corrected chi connectivity index (χ2v) is 9.79. The van der Waals surface area contributed by atoms with Crippen LogP contribution in [0.5, 0.6) is 11.5 Å². The van der Waals surface area contributed by atoms with E-state index in [-0.39, 0.29) is 0 Å². The Labute approximate surface area is 185 Å². The number of hydrogen-bond donors (Lipinski definition) is 0. The molecular weight excluding hydrogens is 406 g/mol. The van der Waals surface area contributed by atoms with Gasteiger partial charge >= 0.3 is 0 Å². The first-order chi connectivity index (χ1) is 14.8. The van der Waals surface area contributed by atoms with Gasteiger partial charge in [0.2, 0.25) is 0 Å². The van der Waals surface area contributed by atoms with E-state index in [0.29, 0.717) is 16.3 Å².